The number of rotatable bonds is 6. The molecule has 3 aromatic carbocycles. The Morgan fingerprint density at radius 1 is 0.947 bits per heavy atom. The van der Waals surface area contributed by atoms with Crippen molar-refractivity contribution in [2.24, 2.45) is 0 Å². The van der Waals surface area contributed by atoms with E-state index >= 15 is 0 Å². The van der Waals surface area contributed by atoms with Crippen LogP contribution in [-0.2, 0) is 10.2 Å². The molecular formula is C31H29N3O2S2. The Balaban J connectivity index is 1.49. The van der Waals surface area contributed by atoms with Crippen LogP contribution in [0.25, 0.3) is 27.0 Å². The van der Waals surface area contributed by atoms with Gasteiger partial charge in [0.05, 0.1) is 16.8 Å². The number of thiophene rings is 1. The van der Waals surface area contributed by atoms with Gasteiger partial charge in [0.1, 0.15) is 4.83 Å². The van der Waals surface area contributed by atoms with E-state index in [1.807, 2.05) is 91.9 Å². The van der Waals surface area contributed by atoms with Crippen molar-refractivity contribution in [2.75, 3.05) is 11.1 Å². The van der Waals surface area contributed by atoms with Gasteiger partial charge in [-0.3, -0.25) is 14.2 Å². The number of hydrogen-bond donors (Lipinski definition) is 1. The van der Waals surface area contributed by atoms with E-state index in [-0.39, 0.29) is 22.6 Å². The molecule has 0 bridgehead atoms. The highest BCUT2D eigenvalue weighted by Crippen LogP contribution is 2.37. The molecule has 0 saturated carbocycles. The minimum absolute atomic E-state index is 0.0460. The molecule has 0 aliphatic rings. The molecule has 0 aliphatic heterocycles. The van der Waals surface area contributed by atoms with Crippen molar-refractivity contribution in [3.63, 3.8) is 0 Å². The third-order valence-corrected chi connectivity index (χ3v) is 8.25. The molecule has 192 valence electrons. The molecule has 5 rings (SSSR count). The Labute approximate surface area is 230 Å². The molecular weight excluding hydrogens is 510 g/mol. The number of carbonyl (C=O) groups is 1. The van der Waals surface area contributed by atoms with Gasteiger partial charge in [-0.1, -0.05) is 93.2 Å². The first-order chi connectivity index (χ1) is 18.2. The van der Waals surface area contributed by atoms with Crippen LogP contribution in [0.15, 0.2) is 94.9 Å². The highest BCUT2D eigenvalue weighted by atomic mass is 32.2. The Kier molecular flexibility index (Phi) is 7.23. The molecule has 0 unspecified atom stereocenters. The zero-order valence-electron chi connectivity index (χ0n) is 21.8. The van der Waals surface area contributed by atoms with Crippen LogP contribution >= 0.6 is 23.1 Å². The second kappa shape index (κ2) is 10.6. The summed E-state index contributed by atoms with van der Waals surface area (Å²) in [5, 5.41) is 4.06. The lowest BCUT2D eigenvalue weighted by atomic mass is 9.87. The van der Waals surface area contributed by atoms with Gasteiger partial charge < -0.3 is 5.32 Å². The number of fused-ring (bicyclic) bond motifs is 1. The minimum atomic E-state index is -0.153. The zero-order chi connectivity index (χ0) is 26.9. The molecule has 0 spiro atoms. The first-order valence-electron chi connectivity index (χ1n) is 12.4. The molecule has 0 atom stereocenters. The summed E-state index contributed by atoms with van der Waals surface area (Å²) in [7, 11) is 0. The van der Waals surface area contributed by atoms with Crippen LogP contribution in [0.3, 0.4) is 0 Å². The van der Waals surface area contributed by atoms with Gasteiger partial charge in [-0.25, -0.2) is 4.98 Å². The van der Waals surface area contributed by atoms with Crippen LogP contribution in [0.5, 0.6) is 0 Å². The topological polar surface area (TPSA) is 64.0 Å². The minimum Gasteiger partial charge on any atom is -0.325 e. The Morgan fingerprint density at radius 3 is 2.21 bits per heavy atom. The normalized spacial score (nSPS) is 11.6. The van der Waals surface area contributed by atoms with Gasteiger partial charge in [-0.2, -0.15) is 0 Å². The van der Waals surface area contributed by atoms with Crippen LogP contribution in [0, 0.1) is 6.92 Å². The van der Waals surface area contributed by atoms with Gasteiger partial charge in [-0.05, 0) is 47.7 Å². The van der Waals surface area contributed by atoms with E-state index in [4.69, 9.17) is 4.98 Å². The lowest BCUT2D eigenvalue weighted by Crippen LogP contribution is -2.22. The van der Waals surface area contributed by atoms with Gasteiger partial charge in [-0.15, -0.1) is 11.3 Å². The quantitative estimate of drug-likeness (QED) is 0.180. The van der Waals surface area contributed by atoms with Crippen LogP contribution < -0.4 is 10.9 Å². The van der Waals surface area contributed by atoms with Crippen molar-refractivity contribution in [1.29, 1.82) is 0 Å². The second-order valence-electron chi connectivity index (χ2n) is 10.1. The van der Waals surface area contributed by atoms with Crippen LogP contribution in [-0.4, -0.2) is 21.2 Å². The number of amides is 1. The van der Waals surface area contributed by atoms with Gasteiger partial charge in [0.15, 0.2) is 5.16 Å². The Hall–Kier alpha value is -3.68. The average Bonchev–Trinajstić information content (AvgIpc) is 3.24. The molecule has 0 aliphatic carbocycles. The number of aromatic nitrogens is 2. The molecule has 0 radical (unpaired) electrons. The SMILES string of the molecule is Cc1sc2nc(SCC(=O)Nc3ccc(C(C)(C)C)cc3)n(-c3ccccc3)c(=O)c2c1-c1ccccc1. The summed E-state index contributed by atoms with van der Waals surface area (Å²) in [4.78, 5) is 33.5. The summed E-state index contributed by atoms with van der Waals surface area (Å²) < 4.78 is 1.62. The van der Waals surface area contributed by atoms with Crippen molar-refractivity contribution in [3.05, 3.63) is 106 Å². The molecule has 7 heteroatoms. The van der Waals surface area contributed by atoms with Gasteiger partial charge >= 0.3 is 0 Å². The maximum atomic E-state index is 14.0. The first-order valence-corrected chi connectivity index (χ1v) is 14.2. The summed E-state index contributed by atoms with van der Waals surface area (Å²) >= 11 is 2.77. The number of benzene rings is 3. The number of aryl methyl sites for hydroxylation is 1. The first kappa shape index (κ1) is 25.9. The van der Waals surface area contributed by atoms with Crippen LogP contribution in [0.4, 0.5) is 5.69 Å². The molecule has 0 saturated heterocycles. The van der Waals surface area contributed by atoms with E-state index in [0.717, 1.165) is 27.4 Å². The molecule has 38 heavy (non-hydrogen) atoms. The number of nitrogens with one attached hydrogen (secondary N) is 1. The van der Waals surface area contributed by atoms with Gasteiger partial charge in [0.25, 0.3) is 5.56 Å². The van der Waals surface area contributed by atoms with Crippen molar-refractivity contribution >= 4 is 44.9 Å². The second-order valence-corrected chi connectivity index (χ2v) is 12.3. The standard InChI is InChI=1S/C31H29N3O2S2/c1-20-26(21-11-7-5-8-12-21)27-28(38-20)33-30(34(29(27)36)24-13-9-6-10-14-24)37-19-25(35)32-23-17-15-22(16-18-23)31(2,3)4/h5-18H,19H2,1-4H3,(H,32,35). The van der Waals surface area contributed by atoms with Crippen molar-refractivity contribution < 1.29 is 4.79 Å². The fourth-order valence-electron chi connectivity index (χ4n) is 4.38. The van der Waals surface area contributed by atoms with Gasteiger partial charge in [0.2, 0.25) is 5.91 Å². The summed E-state index contributed by atoms with van der Waals surface area (Å²) in [6.45, 7) is 8.49. The number of para-hydroxylation sites is 1. The molecule has 1 amide bonds. The summed E-state index contributed by atoms with van der Waals surface area (Å²) in [6.07, 6.45) is 0. The number of thioether (sulfide) groups is 1. The lowest BCUT2D eigenvalue weighted by Gasteiger charge is -2.19. The highest BCUT2D eigenvalue weighted by Gasteiger charge is 2.21. The molecule has 0 fully saturated rings. The molecule has 5 nitrogen and oxygen atoms in total. The molecule has 2 aromatic heterocycles. The predicted molar refractivity (Wildman–Crippen MR) is 160 cm³/mol. The Morgan fingerprint density at radius 2 is 1.58 bits per heavy atom. The van der Waals surface area contributed by atoms with E-state index in [1.54, 1.807) is 4.57 Å². The summed E-state index contributed by atoms with van der Waals surface area (Å²) in [5.41, 5.74) is 4.49. The Bertz CT molecular complexity index is 1650. The van der Waals surface area contributed by atoms with E-state index in [1.165, 1.54) is 28.7 Å². The van der Waals surface area contributed by atoms with E-state index in [0.29, 0.717) is 15.4 Å². The number of carbonyl (C=O) groups excluding carboxylic acids is 1. The third-order valence-electron chi connectivity index (χ3n) is 6.32. The zero-order valence-corrected chi connectivity index (χ0v) is 23.5. The van der Waals surface area contributed by atoms with Gasteiger partial charge in [0, 0.05) is 16.1 Å². The number of hydrogen-bond acceptors (Lipinski definition) is 5. The third kappa shape index (κ3) is 5.30. The van der Waals surface area contributed by atoms with Crippen molar-refractivity contribution in [3.8, 4) is 16.8 Å². The van der Waals surface area contributed by atoms with Crippen molar-refractivity contribution in [1.82, 2.24) is 9.55 Å². The number of nitrogens with zero attached hydrogens (tertiary/aromatic N) is 2. The summed E-state index contributed by atoms with van der Waals surface area (Å²) in [5.74, 6) is -0.0263. The van der Waals surface area contributed by atoms with E-state index in [2.05, 4.69) is 26.1 Å². The highest BCUT2D eigenvalue weighted by molar-refractivity contribution is 7.99. The maximum absolute atomic E-state index is 14.0. The monoisotopic (exact) mass is 539 g/mol. The molecule has 2 heterocycles. The van der Waals surface area contributed by atoms with E-state index < -0.39 is 0 Å². The fraction of sp³-hybridized carbons (Fsp3) is 0.194. The predicted octanol–water partition coefficient (Wildman–Crippen LogP) is 7.45. The lowest BCUT2D eigenvalue weighted by molar-refractivity contribution is -0.113. The number of anilines is 1. The maximum Gasteiger partial charge on any atom is 0.268 e. The van der Waals surface area contributed by atoms with E-state index in [9.17, 15) is 9.59 Å². The average molecular weight is 540 g/mol. The van der Waals surface area contributed by atoms with Crippen LogP contribution in [0.2, 0.25) is 0 Å². The summed E-state index contributed by atoms with van der Waals surface area (Å²) in [6, 6.07) is 27.3. The molecule has 5 aromatic rings. The van der Waals surface area contributed by atoms with Crippen LogP contribution in [0.1, 0.15) is 31.2 Å². The largest absolute Gasteiger partial charge is 0.325 e. The van der Waals surface area contributed by atoms with Crippen molar-refractivity contribution in [2.45, 2.75) is 38.3 Å². The molecule has 1 N–H and O–H groups in total. The fourth-order valence-corrected chi connectivity index (χ4v) is 6.28. The smallest absolute Gasteiger partial charge is 0.268 e.